The molecule has 2 aromatic carbocycles. The van der Waals surface area contributed by atoms with Crippen molar-refractivity contribution in [3.8, 4) is 11.5 Å². The predicted molar refractivity (Wildman–Crippen MR) is 114 cm³/mol. The molecule has 2 N–H and O–H groups in total. The molecule has 0 unspecified atom stereocenters. The van der Waals surface area contributed by atoms with Crippen LogP contribution < -0.4 is 20.2 Å². The molecule has 0 aliphatic rings. The van der Waals surface area contributed by atoms with E-state index in [1.165, 1.54) is 13.3 Å². The van der Waals surface area contributed by atoms with Gasteiger partial charge in [-0.2, -0.15) is 5.10 Å². The lowest BCUT2D eigenvalue weighted by molar-refractivity contribution is -0.136. The summed E-state index contributed by atoms with van der Waals surface area (Å²) in [5.41, 5.74) is 5.41. The molecule has 8 heteroatoms. The van der Waals surface area contributed by atoms with Gasteiger partial charge in [-0.1, -0.05) is 24.6 Å². The lowest BCUT2D eigenvalue weighted by Gasteiger charge is -2.12. The number of anilines is 1. The SMILES string of the molecule is CCCOc1c(Cl)cc(/C=N\NC(=O)C(=O)Nc2ccc(C)c(C)c2)cc1OC. The summed E-state index contributed by atoms with van der Waals surface area (Å²) >= 11 is 6.24. The van der Waals surface area contributed by atoms with E-state index in [-0.39, 0.29) is 0 Å². The minimum absolute atomic E-state index is 0.359. The number of hydrazone groups is 1. The highest BCUT2D eigenvalue weighted by molar-refractivity contribution is 6.39. The molecule has 0 saturated carbocycles. The normalized spacial score (nSPS) is 10.7. The van der Waals surface area contributed by atoms with Crippen molar-refractivity contribution in [3.05, 3.63) is 52.0 Å². The fourth-order valence-corrected chi connectivity index (χ4v) is 2.66. The van der Waals surface area contributed by atoms with Crippen LogP contribution in [0.15, 0.2) is 35.4 Å². The second-order valence-electron chi connectivity index (χ2n) is 6.33. The third kappa shape index (κ3) is 6.22. The first-order valence-electron chi connectivity index (χ1n) is 9.07. The molecule has 0 atom stereocenters. The van der Waals surface area contributed by atoms with Crippen LogP contribution in [-0.2, 0) is 9.59 Å². The minimum Gasteiger partial charge on any atom is -0.493 e. The molecule has 2 aromatic rings. The molecule has 2 amide bonds. The number of hydrogen-bond acceptors (Lipinski definition) is 5. The van der Waals surface area contributed by atoms with Crippen molar-refractivity contribution >= 4 is 35.3 Å². The molecule has 0 fully saturated rings. The summed E-state index contributed by atoms with van der Waals surface area (Å²) in [6, 6.07) is 8.68. The highest BCUT2D eigenvalue weighted by Gasteiger charge is 2.14. The third-order valence-corrected chi connectivity index (χ3v) is 4.33. The molecule has 2 rings (SSSR count). The molecular weight excluding hydrogens is 394 g/mol. The number of aryl methyl sites for hydroxylation is 2. The summed E-state index contributed by atoms with van der Waals surface area (Å²) in [7, 11) is 1.50. The zero-order valence-electron chi connectivity index (χ0n) is 16.8. The van der Waals surface area contributed by atoms with Gasteiger partial charge in [-0.25, -0.2) is 5.43 Å². The van der Waals surface area contributed by atoms with Gasteiger partial charge in [0.15, 0.2) is 11.5 Å². The molecule has 0 aromatic heterocycles. The molecule has 154 valence electrons. The van der Waals surface area contributed by atoms with Crippen LogP contribution in [0, 0.1) is 13.8 Å². The standard InChI is InChI=1S/C21H24ClN3O4/c1-5-8-29-19-17(22)10-15(11-18(19)28-4)12-23-25-21(27)20(26)24-16-7-6-13(2)14(3)9-16/h6-7,9-12H,5,8H2,1-4H3,(H,24,26)(H,25,27)/b23-12-. The van der Waals surface area contributed by atoms with E-state index >= 15 is 0 Å². The summed E-state index contributed by atoms with van der Waals surface area (Å²) in [4.78, 5) is 23.9. The van der Waals surface area contributed by atoms with E-state index in [0.717, 1.165) is 17.5 Å². The zero-order chi connectivity index (χ0) is 21.4. The smallest absolute Gasteiger partial charge is 0.329 e. The van der Waals surface area contributed by atoms with Gasteiger partial charge in [0.1, 0.15) is 0 Å². The van der Waals surface area contributed by atoms with Crippen LogP contribution in [0.5, 0.6) is 11.5 Å². The van der Waals surface area contributed by atoms with E-state index in [1.807, 2.05) is 26.8 Å². The monoisotopic (exact) mass is 417 g/mol. The fourth-order valence-electron chi connectivity index (χ4n) is 2.38. The van der Waals surface area contributed by atoms with E-state index in [2.05, 4.69) is 15.8 Å². The van der Waals surface area contributed by atoms with Gasteiger partial charge in [0.05, 0.1) is 25.0 Å². The maximum absolute atomic E-state index is 12.0. The van der Waals surface area contributed by atoms with Crippen molar-refractivity contribution in [2.75, 3.05) is 19.0 Å². The molecule has 0 aliphatic heterocycles. The summed E-state index contributed by atoms with van der Waals surface area (Å²) in [6.45, 7) is 6.38. The van der Waals surface area contributed by atoms with Crippen molar-refractivity contribution in [2.24, 2.45) is 5.10 Å². The summed E-state index contributed by atoms with van der Waals surface area (Å²) in [6.07, 6.45) is 2.19. The number of nitrogens with one attached hydrogen (secondary N) is 2. The van der Waals surface area contributed by atoms with Crippen LogP contribution in [0.2, 0.25) is 5.02 Å². The van der Waals surface area contributed by atoms with Crippen molar-refractivity contribution in [1.82, 2.24) is 5.43 Å². The number of rotatable bonds is 7. The van der Waals surface area contributed by atoms with Crippen LogP contribution >= 0.6 is 11.6 Å². The van der Waals surface area contributed by atoms with Crippen LogP contribution in [0.3, 0.4) is 0 Å². The Morgan fingerprint density at radius 1 is 1.14 bits per heavy atom. The number of nitrogens with zero attached hydrogens (tertiary/aromatic N) is 1. The number of ether oxygens (including phenoxy) is 2. The van der Waals surface area contributed by atoms with Crippen molar-refractivity contribution in [2.45, 2.75) is 27.2 Å². The van der Waals surface area contributed by atoms with Gasteiger partial charge in [0.25, 0.3) is 0 Å². The summed E-state index contributed by atoms with van der Waals surface area (Å²) < 4.78 is 10.9. The van der Waals surface area contributed by atoms with Gasteiger partial charge >= 0.3 is 11.8 Å². The highest BCUT2D eigenvalue weighted by atomic mass is 35.5. The Balaban J connectivity index is 2.00. The Kier molecular flexibility index (Phi) is 8.03. The van der Waals surface area contributed by atoms with Crippen LogP contribution in [0.1, 0.15) is 30.0 Å². The Morgan fingerprint density at radius 3 is 2.55 bits per heavy atom. The second-order valence-corrected chi connectivity index (χ2v) is 6.74. The van der Waals surface area contributed by atoms with Gasteiger partial charge < -0.3 is 14.8 Å². The third-order valence-electron chi connectivity index (χ3n) is 4.05. The van der Waals surface area contributed by atoms with Crippen LogP contribution in [0.25, 0.3) is 0 Å². The molecule has 0 bridgehead atoms. The largest absolute Gasteiger partial charge is 0.493 e. The number of benzene rings is 2. The number of methoxy groups -OCH3 is 1. The first-order chi connectivity index (χ1) is 13.8. The van der Waals surface area contributed by atoms with Crippen LogP contribution in [0.4, 0.5) is 5.69 Å². The van der Waals surface area contributed by atoms with Gasteiger partial charge in [0, 0.05) is 5.69 Å². The molecule has 0 spiro atoms. The van der Waals surface area contributed by atoms with Crippen molar-refractivity contribution in [1.29, 1.82) is 0 Å². The predicted octanol–water partition coefficient (Wildman–Crippen LogP) is 3.84. The quantitative estimate of drug-likeness (QED) is 0.407. The van der Waals surface area contributed by atoms with E-state index in [0.29, 0.717) is 34.4 Å². The zero-order valence-corrected chi connectivity index (χ0v) is 17.6. The molecular formula is C21H24ClN3O4. The van der Waals surface area contributed by atoms with Gasteiger partial charge in [0.2, 0.25) is 0 Å². The van der Waals surface area contributed by atoms with Crippen molar-refractivity contribution < 1.29 is 19.1 Å². The number of carbonyl (C=O) groups is 2. The Bertz CT molecular complexity index is 928. The van der Waals surface area contributed by atoms with Crippen LogP contribution in [-0.4, -0.2) is 31.7 Å². The lowest BCUT2D eigenvalue weighted by Crippen LogP contribution is -2.32. The lowest BCUT2D eigenvalue weighted by atomic mass is 10.1. The van der Waals surface area contributed by atoms with E-state index in [9.17, 15) is 9.59 Å². The first-order valence-corrected chi connectivity index (χ1v) is 9.45. The maximum Gasteiger partial charge on any atom is 0.329 e. The molecule has 0 aliphatic carbocycles. The summed E-state index contributed by atoms with van der Waals surface area (Å²) in [5, 5.41) is 6.69. The topological polar surface area (TPSA) is 89.0 Å². The molecule has 7 nitrogen and oxygen atoms in total. The van der Waals surface area contributed by atoms with E-state index < -0.39 is 11.8 Å². The fraction of sp³-hybridized carbons (Fsp3) is 0.286. The molecule has 0 saturated heterocycles. The summed E-state index contributed by atoms with van der Waals surface area (Å²) in [5.74, 6) is -0.805. The number of amides is 2. The number of hydrogen-bond donors (Lipinski definition) is 2. The maximum atomic E-state index is 12.0. The van der Waals surface area contributed by atoms with Gasteiger partial charge in [-0.15, -0.1) is 0 Å². The number of carbonyl (C=O) groups excluding carboxylic acids is 2. The van der Waals surface area contributed by atoms with Crippen molar-refractivity contribution in [3.63, 3.8) is 0 Å². The van der Waals surface area contributed by atoms with E-state index in [4.69, 9.17) is 21.1 Å². The van der Waals surface area contributed by atoms with Gasteiger partial charge in [-0.05, 0) is 61.2 Å². The van der Waals surface area contributed by atoms with Gasteiger partial charge in [-0.3, -0.25) is 9.59 Å². The number of halogens is 1. The first kappa shape index (κ1) is 22.2. The molecule has 0 heterocycles. The van der Waals surface area contributed by atoms with E-state index in [1.54, 1.807) is 24.3 Å². The average Bonchev–Trinajstić information content (AvgIpc) is 2.69. The molecule has 0 radical (unpaired) electrons. The Labute approximate surface area is 175 Å². The second kappa shape index (κ2) is 10.5. The average molecular weight is 418 g/mol. The Hall–Kier alpha value is -3.06. The minimum atomic E-state index is -0.888. The Morgan fingerprint density at radius 2 is 1.90 bits per heavy atom. The highest BCUT2D eigenvalue weighted by Crippen LogP contribution is 2.36. The molecule has 29 heavy (non-hydrogen) atoms.